The zero-order chi connectivity index (χ0) is 14.0. The number of nitrogens with one attached hydrogen (secondary N) is 1. The summed E-state index contributed by atoms with van der Waals surface area (Å²) in [5, 5.41) is 7.73. The molecule has 2 aromatic rings. The summed E-state index contributed by atoms with van der Waals surface area (Å²) in [6.07, 6.45) is 2.10. The standard InChI is InChI=1S/C16H23N3/c1-12-13(10-17-5)11-19(18-12)15-8-6-14(7-9-15)16(2,3)4/h6-9,11,17H,10H2,1-5H3. The van der Waals surface area contributed by atoms with E-state index in [9.17, 15) is 0 Å². The van der Waals surface area contributed by atoms with Crippen LogP contribution in [0.25, 0.3) is 5.69 Å². The van der Waals surface area contributed by atoms with Gasteiger partial charge in [0.25, 0.3) is 0 Å². The number of nitrogens with zero attached hydrogens (tertiary/aromatic N) is 2. The fraction of sp³-hybridized carbons (Fsp3) is 0.438. The van der Waals surface area contributed by atoms with Crippen molar-refractivity contribution >= 4 is 0 Å². The summed E-state index contributed by atoms with van der Waals surface area (Å²) in [6, 6.07) is 8.64. The predicted octanol–water partition coefficient (Wildman–Crippen LogP) is 3.20. The third kappa shape index (κ3) is 3.04. The number of aryl methyl sites for hydroxylation is 1. The molecule has 0 unspecified atom stereocenters. The smallest absolute Gasteiger partial charge is 0.0645 e. The summed E-state index contributed by atoms with van der Waals surface area (Å²) in [6.45, 7) is 9.58. The highest BCUT2D eigenvalue weighted by molar-refractivity contribution is 5.37. The van der Waals surface area contributed by atoms with Crippen LogP contribution in [0.15, 0.2) is 30.5 Å². The van der Waals surface area contributed by atoms with Gasteiger partial charge in [0.15, 0.2) is 0 Å². The molecule has 1 heterocycles. The van der Waals surface area contributed by atoms with Crippen LogP contribution < -0.4 is 5.32 Å². The third-order valence-electron chi connectivity index (χ3n) is 3.37. The largest absolute Gasteiger partial charge is 0.316 e. The Morgan fingerprint density at radius 2 is 1.79 bits per heavy atom. The molecule has 3 nitrogen and oxygen atoms in total. The first-order valence-electron chi connectivity index (χ1n) is 6.72. The SMILES string of the molecule is CNCc1cn(-c2ccc(C(C)(C)C)cc2)nc1C. The van der Waals surface area contributed by atoms with Gasteiger partial charge in [-0.25, -0.2) is 4.68 Å². The van der Waals surface area contributed by atoms with Gasteiger partial charge in [0.05, 0.1) is 11.4 Å². The molecule has 0 bridgehead atoms. The van der Waals surface area contributed by atoms with Gasteiger partial charge in [0, 0.05) is 18.3 Å². The summed E-state index contributed by atoms with van der Waals surface area (Å²) < 4.78 is 1.95. The monoisotopic (exact) mass is 257 g/mol. The van der Waals surface area contributed by atoms with Crippen molar-refractivity contribution in [2.75, 3.05) is 7.05 Å². The first-order valence-corrected chi connectivity index (χ1v) is 6.72. The van der Waals surface area contributed by atoms with Crippen LogP contribution in [0.4, 0.5) is 0 Å². The number of aromatic nitrogens is 2. The lowest BCUT2D eigenvalue weighted by molar-refractivity contribution is 0.590. The van der Waals surface area contributed by atoms with Crippen molar-refractivity contribution < 1.29 is 0 Å². The lowest BCUT2D eigenvalue weighted by Gasteiger charge is -2.19. The second-order valence-corrected chi connectivity index (χ2v) is 6.01. The zero-order valence-corrected chi connectivity index (χ0v) is 12.5. The van der Waals surface area contributed by atoms with Crippen molar-refractivity contribution in [1.82, 2.24) is 15.1 Å². The van der Waals surface area contributed by atoms with Gasteiger partial charge in [0.2, 0.25) is 0 Å². The Morgan fingerprint density at radius 3 is 2.32 bits per heavy atom. The molecule has 0 spiro atoms. The van der Waals surface area contributed by atoms with E-state index in [1.165, 1.54) is 11.1 Å². The molecule has 0 aliphatic heterocycles. The summed E-state index contributed by atoms with van der Waals surface area (Å²) >= 11 is 0. The Bertz CT molecular complexity index is 544. The minimum atomic E-state index is 0.190. The van der Waals surface area contributed by atoms with Gasteiger partial charge in [-0.3, -0.25) is 0 Å². The molecule has 0 saturated heterocycles. The molecule has 0 amide bonds. The fourth-order valence-electron chi connectivity index (χ4n) is 2.11. The lowest BCUT2D eigenvalue weighted by Crippen LogP contribution is -2.10. The van der Waals surface area contributed by atoms with Gasteiger partial charge in [-0.2, -0.15) is 5.10 Å². The van der Waals surface area contributed by atoms with Crippen molar-refractivity contribution in [3.05, 3.63) is 47.3 Å². The van der Waals surface area contributed by atoms with Crippen molar-refractivity contribution in [3.8, 4) is 5.69 Å². The number of benzene rings is 1. The zero-order valence-electron chi connectivity index (χ0n) is 12.5. The maximum absolute atomic E-state index is 4.57. The first kappa shape index (κ1) is 13.8. The van der Waals surface area contributed by atoms with Crippen molar-refractivity contribution in [3.63, 3.8) is 0 Å². The fourth-order valence-corrected chi connectivity index (χ4v) is 2.11. The van der Waals surface area contributed by atoms with Gasteiger partial charge in [0.1, 0.15) is 0 Å². The van der Waals surface area contributed by atoms with Crippen LogP contribution in [-0.4, -0.2) is 16.8 Å². The summed E-state index contributed by atoms with van der Waals surface area (Å²) in [5.41, 5.74) is 4.96. The quantitative estimate of drug-likeness (QED) is 0.915. The molecule has 1 aromatic carbocycles. The number of hydrogen-bond donors (Lipinski definition) is 1. The summed E-state index contributed by atoms with van der Waals surface area (Å²) in [4.78, 5) is 0. The van der Waals surface area contributed by atoms with Crippen molar-refractivity contribution in [2.24, 2.45) is 0 Å². The van der Waals surface area contributed by atoms with E-state index in [-0.39, 0.29) is 5.41 Å². The van der Waals surface area contributed by atoms with Crippen LogP contribution >= 0.6 is 0 Å². The van der Waals surface area contributed by atoms with Crippen molar-refractivity contribution in [1.29, 1.82) is 0 Å². The Hall–Kier alpha value is -1.61. The molecule has 1 N–H and O–H groups in total. The molecular formula is C16H23N3. The molecule has 2 rings (SSSR count). The lowest BCUT2D eigenvalue weighted by atomic mass is 9.87. The van der Waals surface area contributed by atoms with Crippen LogP contribution in [0, 0.1) is 6.92 Å². The van der Waals surface area contributed by atoms with Gasteiger partial charge >= 0.3 is 0 Å². The van der Waals surface area contributed by atoms with E-state index < -0.39 is 0 Å². The van der Waals surface area contributed by atoms with Crippen LogP contribution in [0.2, 0.25) is 0 Å². The van der Waals surface area contributed by atoms with E-state index in [0.29, 0.717) is 0 Å². The van der Waals surface area contributed by atoms with E-state index in [2.05, 4.69) is 61.6 Å². The van der Waals surface area contributed by atoms with Crippen LogP contribution in [0.3, 0.4) is 0 Å². The normalized spacial score (nSPS) is 11.8. The van der Waals surface area contributed by atoms with Gasteiger partial charge < -0.3 is 5.32 Å². The van der Waals surface area contributed by atoms with Crippen LogP contribution in [0.5, 0.6) is 0 Å². The topological polar surface area (TPSA) is 29.9 Å². The second kappa shape index (κ2) is 5.17. The average molecular weight is 257 g/mol. The highest BCUT2D eigenvalue weighted by Crippen LogP contribution is 2.23. The molecule has 0 fully saturated rings. The minimum absolute atomic E-state index is 0.190. The van der Waals surface area contributed by atoms with Gasteiger partial charge in [-0.05, 0) is 37.1 Å². The molecule has 0 atom stereocenters. The molecule has 19 heavy (non-hydrogen) atoms. The molecule has 0 saturated carbocycles. The minimum Gasteiger partial charge on any atom is -0.316 e. The highest BCUT2D eigenvalue weighted by atomic mass is 15.3. The molecular weight excluding hydrogens is 234 g/mol. The van der Waals surface area contributed by atoms with Crippen LogP contribution in [-0.2, 0) is 12.0 Å². The second-order valence-electron chi connectivity index (χ2n) is 6.01. The van der Waals surface area contributed by atoms with Gasteiger partial charge in [-0.15, -0.1) is 0 Å². The van der Waals surface area contributed by atoms with E-state index in [0.717, 1.165) is 17.9 Å². The predicted molar refractivity (Wildman–Crippen MR) is 79.8 cm³/mol. The molecule has 0 aliphatic rings. The highest BCUT2D eigenvalue weighted by Gasteiger charge is 2.13. The third-order valence-corrected chi connectivity index (χ3v) is 3.37. The molecule has 0 radical (unpaired) electrons. The Balaban J connectivity index is 2.30. The van der Waals surface area contributed by atoms with E-state index in [4.69, 9.17) is 0 Å². The average Bonchev–Trinajstić information content (AvgIpc) is 2.71. The molecule has 102 valence electrons. The summed E-state index contributed by atoms with van der Waals surface area (Å²) in [7, 11) is 1.95. The maximum Gasteiger partial charge on any atom is 0.0645 e. The van der Waals surface area contributed by atoms with Crippen molar-refractivity contribution in [2.45, 2.75) is 39.7 Å². The van der Waals surface area contributed by atoms with Crippen LogP contribution in [0.1, 0.15) is 37.6 Å². The van der Waals surface area contributed by atoms with E-state index in [1.54, 1.807) is 0 Å². The van der Waals surface area contributed by atoms with E-state index in [1.807, 2.05) is 18.7 Å². The Kier molecular flexibility index (Phi) is 3.76. The molecule has 0 aliphatic carbocycles. The maximum atomic E-state index is 4.57. The Labute approximate surface area is 115 Å². The van der Waals surface area contributed by atoms with E-state index >= 15 is 0 Å². The number of rotatable bonds is 3. The number of hydrogen-bond acceptors (Lipinski definition) is 2. The first-order chi connectivity index (χ1) is 8.91. The van der Waals surface area contributed by atoms with Gasteiger partial charge in [-0.1, -0.05) is 32.9 Å². The molecule has 1 aromatic heterocycles. The molecule has 3 heteroatoms. The Morgan fingerprint density at radius 1 is 1.16 bits per heavy atom. The summed E-state index contributed by atoms with van der Waals surface area (Å²) in [5.74, 6) is 0.